The first-order valence-electron chi connectivity index (χ1n) is 16.8. The number of hydrogen-bond acceptors (Lipinski definition) is 9. The molecule has 10 nitrogen and oxygen atoms in total. The van der Waals surface area contributed by atoms with Crippen LogP contribution in [0.25, 0.3) is 11.0 Å². The minimum atomic E-state index is -0.652. The molecule has 1 atom stereocenters. The van der Waals surface area contributed by atoms with Crippen molar-refractivity contribution in [3.05, 3.63) is 74.5 Å². The lowest BCUT2D eigenvalue weighted by Gasteiger charge is -2.34. The number of nitrogens with zero attached hydrogens (tertiary/aromatic N) is 5. The number of ketones is 1. The number of halogens is 1. The Morgan fingerprint density at radius 3 is 2.61 bits per heavy atom. The predicted octanol–water partition coefficient (Wildman–Crippen LogP) is 4.59. The van der Waals surface area contributed by atoms with Crippen LogP contribution in [0.15, 0.2) is 50.7 Å². The first-order valence-corrected chi connectivity index (χ1v) is 16.8. The molecule has 244 valence electrons. The maximum atomic E-state index is 13.5. The van der Waals surface area contributed by atoms with Crippen LogP contribution in [-0.4, -0.2) is 63.2 Å². The van der Waals surface area contributed by atoms with Gasteiger partial charge in [0.25, 0.3) is 5.56 Å². The summed E-state index contributed by atoms with van der Waals surface area (Å²) >= 11 is 0. The molecular weight excluding hydrogens is 587 g/mol. The van der Waals surface area contributed by atoms with Gasteiger partial charge < -0.3 is 25.2 Å². The minimum absolute atomic E-state index is 0.00168. The van der Waals surface area contributed by atoms with Crippen LogP contribution in [0.4, 0.5) is 10.1 Å². The molecule has 1 aromatic carbocycles. The summed E-state index contributed by atoms with van der Waals surface area (Å²) in [5.74, 6) is 0.321. The third-order valence-electron chi connectivity index (χ3n) is 10.6. The molecule has 2 aromatic heterocycles. The second kappa shape index (κ2) is 12.8. The summed E-state index contributed by atoms with van der Waals surface area (Å²) in [7, 11) is 0. The lowest BCUT2D eigenvalue weighted by Crippen LogP contribution is -2.37. The fourth-order valence-electron chi connectivity index (χ4n) is 7.84. The second-order valence-electron chi connectivity index (χ2n) is 13.4. The van der Waals surface area contributed by atoms with Gasteiger partial charge in [-0.25, -0.2) is 9.37 Å². The Bertz CT molecular complexity index is 1760. The molecule has 11 heteroatoms. The van der Waals surface area contributed by atoms with Crippen molar-refractivity contribution in [1.29, 1.82) is 0 Å². The van der Waals surface area contributed by atoms with Crippen molar-refractivity contribution in [2.45, 2.75) is 83.3 Å². The molecular formula is C35H43FN6O4. The Morgan fingerprint density at radius 2 is 1.85 bits per heavy atom. The summed E-state index contributed by atoms with van der Waals surface area (Å²) in [6.07, 6.45) is 6.81. The molecule has 0 spiro atoms. The molecule has 0 amide bonds. The van der Waals surface area contributed by atoms with Gasteiger partial charge in [-0.05, 0) is 83.5 Å². The summed E-state index contributed by atoms with van der Waals surface area (Å²) in [4.78, 5) is 34.8. The number of piperidine rings is 2. The Morgan fingerprint density at radius 1 is 1.07 bits per heavy atom. The lowest BCUT2D eigenvalue weighted by molar-refractivity contribution is -0.111. The van der Waals surface area contributed by atoms with Crippen molar-refractivity contribution in [1.82, 2.24) is 19.6 Å². The molecule has 7 rings (SSSR count). The molecule has 46 heavy (non-hydrogen) atoms. The summed E-state index contributed by atoms with van der Waals surface area (Å²) in [5.41, 5.74) is 12.0. The van der Waals surface area contributed by atoms with E-state index in [-0.39, 0.29) is 29.5 Å². The van der Waals surface area contributed by atoms with Crippen LogP contribution in [0.1, 0.15) is 86.2 Å². The van der Waals surface area contributed by atoms with Crippen LogP contribution in [0.3, 0.4) is 0 Å². The predicted molar refractivity (Wildman–Crippen MR) is 173 cm³/mol. The summed E-state index contributed by atoms with van der Waals surface area (Å²) in [6.45, 7) is 6.81. The van der Waals surface area contributed by atoms with Crippen LogP contribution in [0, 0.1) is 12.8 Å². The van der Waals surface area contributed by atoms with Gasteiger partial charge in [-0.1, -0.05) is 5.16 Å². The molecule has 4 aliphatic rings. The van der Waals surface area contributed by atoms with Crippen LogP contribution in [-0.2, 0) is 17.8 Å². The normalized spacial score (nSPS) is 23.1. The molecule has 0 saturated carbocycles. The highest BCUT2D eigenvalue weighted by molar-refractivity contribution is 6.05. The fourth-order valence-corrected chi connectivity index (χ4v) is 7.84. The van der Waals surface area contributed by atoms with Gasteiger partial charge in [-0.3, -0.25) is 14.2 Å². The number of benzene rings is 1. The van der Waals surface area contributed by atoms with Crippen LogP contribution >= 0.6 is 0 Å². The van der Waals surface area contributed by atoms with E-state index in [1.165, 1.54) is 0 Å². The van der Waals surface area contributed by atoms with E-state index >= 15 is 0 Å². The van der Waals surface area contributed by atoms with Gasteiger partial charge >= 0.3 is 0 Å². The first-order chi connectivity index (χ1) is 22.3. The highest BCUT2D eigenvalue weighted by Crippen LogP contribution is 2.36. The molecule has 1 unspecified atom stereocenters. The van der Waals surface area contributed by atoms with E-state index in [4.69, 9.17) is 10.3 Å². The maximum absolute atomic E-state index is 13.5. The maximum Gasteiger partial charge on any atom is 0.257 e. The number of hydrogen-bond donors (Lipinski definition) is 2. The van der Waals surface area contributed by atoms with Gasteiger partial charge in [0.1, 0.15) is 17.8 Å². The minimum Gasteiger partial charge on any atom is -0.401 e. The lowest BCUT2D eigenvalue weighted by atomic mass is 9.86. The highest BCUT2D eigenvalue weighted by atomic mass is 19.1. The molecule has 2 fully saturated rings. The number of anilines is 1. The first kappa shape index (κ1) is 30.8. The van der Waals surface area contributed by atoms with Crippen molar-refractivity contribution in [3.8, 4) is 0 Å². The van der Waals surface area contributed by atoms with Crippen LogP contribution in [0.2, 0.25) is 0 Å². The number of aliphatic hydroxyl groups is 1. The Labute approximate surface area is 267 Å². The second-order valence-corrected chi connectivity index (χ2v) is 13.4. The number of rotatable bonds is 6. The van der Waals surface area contributed by atoms with E-state index in [1.807, 2.05) is 6.92 Å². The van der Waals surface area contributed by atoms with Crippen molar-refractivity contribution in [2.24, 2.45) is 11.7 Å². The number of carbonyl (C=O) groups excluding carboxylic acids is 1. The van der Waals surface area contributed by atoms with E-state index in [9.17, 15) is 19.1 Å². The number of aryl methyl sites for hydroxylation is 1. The van der Waals surface area contributed by atoms with Gasteiger partial charge in [0.15, 0.2) is 11.4 Å². The number of carbonyl (C=O) groups is 1. The van der Waals surface area contributed by atoms with Gasteiger partial charge in [0.2, 0.25) is 0 Å². The number of likely N-dealkylation sites (tertiary alicyclic amines) is 1. The summed E-state index contributed by atoms with van der Waals surface area (Å²) < 4.78 is 21.0. The third kappa shape index (κ3) is 5.90. The average Bonchev–Trinajstić information content (AvgIpc) is 3.49. The quantitative estimate of drug-likeness (QED) is 0.376. The number of fused-ring (bicyclic) bond motifs is 2. The zero-order valence-electron chi connectivity index (χ0n) is 26.5. The van der Waals surface area contributed by atoms with Crippen LogP contribution in [0.5, 0.6) is 0 Å². The fraction of sp³-hybridized carbons (Fsp3) is 0.543. The van der Waals surface area contributed by atoms with E-state index in [2.05, 4.69) is 38.1 Å². The molecule has 0 bridgehead atoms. The molecule has 3 aromatic rings. The van der Waals surface area contributed by atoms with Gasteiger partial charge in [-0.2, -0.15) is 0 Å². The van der Waals surface area contributed by atoms with E-state index in [0.717, 1.165) is 105 Å². The summed E-state index contributed by atoms with van der Waals surface area (Å²) in [6, 6.07) is 6.35. The molecule has 3 N–H and O–H groups in total. The Hall–Kier alpha value is -3.83. The van der Waals surface area contributed by atoms with Crippen molar-refractivity contribution < 1.29 is 18.8 Å². The molecule has 1 aliphatic carbocycles. The van der Waals surface area contributed by atoms with Gasteiger partial charge in [0.05, 0.1) is 5.69 Å². The van der Waals surface area contributed by atoms with Gasteiger partial charge in [0, 0.05) is 90.2 Å². The Kier molecular flexibility index (Phi) is 8.54. The zero-order valence-corrected chi connectivity index (χ0v) is 26.5. The molecule has 3 aliphatic heterocycles. The average molecular weight is 631 g/mol. The number of aromatic nitrogens is 3. The topological polar surface area (TPSA) is 131 Å². The van der Waals surface area contributed by atoms with Gasteiger partial charge in [-0.15, -0.1) is 0 Å². The SMILES string of the molecule is Cc1nc2n(c(=O)c1CCN1CCC(c3noc4cc(N5CCC(C(N)=C6CCC(F)=CC6=O)CC5)ccc34)CC1)CCCC2O. The van der Waals surface area contributed by atoms with E-state index in [1.54, 1.807) is 4.57 Å². The molecule has 2 saturated heterocycles. The standard InChI is InChI=1S/C35H43FN6O4/c1-21-26(35(45)42-13-2-3-29(43)34(42)38-21)12-16-40-14-8-23(9-15-40)33-28-7-5-25(20-31(28)46-39-33)41-17-10-22(11-18-41)32(37)27-6-4-24(36)19-30(27)44/h5,7,19-20,22-23,29,43H,2-4,6,8-18,37H2,1H3. The number of nitrogens with two attached hydrogens (primary N) is 1. The number of aliphatic hydroxyl groups excluding tert-OH is 1. The van der Waals surface area contributed by atoms with Crippen molar-refractivity contribution >= 4 is 22.4 Å². The van der Waals surface area contributed by atoms with E-state index in [0.29, 0.717) is 48.8 Å². The third-order valence-corrected chi connectivity index (χ3v) is 10.6. The van der Waals surface area contributed by atoms with Crippen molar-refractivity contribution in [3.63, 3.8) is 0 Å². The molecule has 0 radical (unpaired) electrons. The smallest absolute Gasteiger partial charge is 0.257 e. The monoisotopic (exact) mass is 630 g/mol. The molecule has 5 heterocycles. The van der Waals surface area contributed by atoms with Crippen molar-refractivity contribution in [2.75, 3.05) is 37.6 Å². The van der Waals surface area contributed by atoms with Crippen LogP contribution < -0.4 is 16.2 Å². The Balaban J connectivity index is 0.946. The zero-order chi connectivity index (χ0) is 31.9. The highest BCUT2D eigenvalue weighted by Gasteiger charge is 2.29. The summed E-state index contributed by atoms with van der Waals surface area (Å²) in [5, 5.41) is 15.9. The van der Waals surface area contributed by atoms with E-state index < -0.39 is 6.10 Å². The number of allylic oxidation sites excluding steroid dienone is 4. The largest absolute Gasteiger partial charge is 0.401 e.